The lowest BCUT2D eigenvalue weighted by Crippen LogP contribution is -2.53. The average Bonchev–Trinajstić information content (AvgIpc) is 2.54. The van der Waals surface area contributed by atoms with Crippen molar-refractivity contribution in [2.24, 2.45) is 0 Å². The quantitative estimate of drug-likeness (QED) is 0.881. The van der Waals surface area contributed by atoms with Gasteiger partial charge in [-0.1, -0.05) is 0 Å². The van der Waals surface area contributed by atoms with Crippen molar-refractivity contribution in [2.75, 3.05) is 47.9 Å². The SMILES string of the molecule is COc1ccc(OC)c(C(C(=O)N(C)C)N2CCNC(C)C2)c1. The molecule has 1 aromatic carbocycles. The van der Waals surface area contributed by atoms with Gasteiger partial charge in [-0.05, 0) is 25.1 Å². The van der Waals surface area contributed by atoms with Gasteiger partial charge in [-0.15, -0.1) is 0 Å². The number of piperazine rings is 1. The Morgan fingerprint density at radius 2 is 2.09 bits per heavy atom. The highest BCUT2D eigenvalue weighted by Crippen LogP contribution is 2.34. The number of amides is 1. The zero-order valence-corrected chi connectivity index (χ0v) is 14.6. The lowest BCUT2D eigenvalue weighted by molar-refractivity contribution is -0.135. The van der Waals surface area contributed by atoms with Crippen molar-refractivity contribution in [1.82, 2.24) is 15.1 Å². The molecule has 1 saturated heterocycles. The fraction of sp³-hybridized carbons (Fsp3) is 0.588. The first-order valence-electron chi connectivity index (χ1n) is 7.88. The molecule has 1 aliphatic rings. The number of methoxy groups -OCH3 is 2. The monoisotopic (exact) mass is 321 g/mol. The second-order valence-electron chi connectivity index (χ2n) is 6.09. The van der Waals surface area contributed by atoms with Gasteiger partial charge in [0.2, 0.25) is 5.91 Å². The van der Waals surface area contributed by atoms with Gasteiger partial charge in [-0.2, -0.15) is 0 Å². The summed E-state index contributed by atoms with van der Waals surface area (Å²) < 4.78 is 10.8. The molecule has 1 N–H and O–H groups in total. The van der Waals surface area contributed by atoms with E-state index in [9.17, 15) is 4.79 Å². The molecule has 0 bridgehead atoms. The minimum atomic E-state index is -0.375. The standard InChI is InChI=1S/C17H27N3O3/c1-12-11-20(9-8-18-12)16(17(21)19(2)3)14-10-13(22-4)6-7-15(14)23-5/h6-7,10,12,16,18H,8-9,11H2,1-5H3. The molecule has 1 heterocycles. The predicted octanol–water partition coefficient (Wildman–Crippen LogP) is 1.13. The summed E-state index contributed by atoms with van der Waals surface area (Å²) >= 11 is 0. The molecule has 1 aromatic rings. The molecule has 6 nitrogen and oxygen atoms in total. The molecule has 1 aliphatic heterocycles. The van der Waals surface area contributed by atoms with Crippen LogP contribution in [0.2, 0.25) is 0 Å². The maximum absolute atomic E-state index is 12.9. The molecule has 0 saturated carbocycles. The van der Waals surface area contributed by atoms with Crippen LogP contribution in [0, 0.1) is 0 Å². The molecule has 2 rings (SSSR count). The molecule has 1 amide bonds. The van der Waals surface area contributed by atoms with Gasteiger partial charge in [0.25, 0.3) is 0 Å². The highest BCUT2D eigenvalue weighted by Gasteiger charge is 2.33. The number of carbonyl (C=O) groups is 1. The van der Waals surface area contributed by atoms with Gasteiger partial charge >= 0.3 is 0 Å². The van der Waals surface area contributed by atoms with E-state index in [0.29, 0.717) is 11.8 Å². The zero-order valence-electron chi connectivity index (χ0n) is 14.6. The summed E-state index contributed by atoms with van der Waals surface area (Å²) in [7, 11) is 6.82. The van der Waals surface area contributed by atoms with Crippen LogP contribution in [0.1, 0.15) is 18.5 Å². The van der Waals surface area contributed by atoms with E-state index in [1.54, 1.807) is 33.2 Å². The third-order valence-corrected chi connectivity index (χ3v) is 4.17. The van der Waals surface area contributed by atoms with Gasteiger partial charge in [0, 0.05) is 45.3 Å². The predicted molar refractivity (Wildman–Crippen MR) is 90.0 cm³/mol. The van der Waals surface area contributed by atoms with Crippen molar-refractivity contribution in [3.8, 4) is 11.5 Å². The number of hydrogen-bond donors (Lipinski definition) is 1. The van der Waals surface area contributed by atoms with E-state index < -0.39 is 0 Å². The zero-order chi connectivity index (χ0) is 17.0. The van der Waals surface area contributed by atoms with Crippen molar-refractivity contribution in [3.05, 3.63) is 23.8 Å². The molecule has 2 unspecified atom stereocenters. The van der Waals surface area contributed by atoms with Crippen LogP contribution in [0.4, 0.5) is 0 Å². The van der Waals surface area contributed by atoms with E-state index in [4.69, 9.17) is 9.47 Å². The van der Waals surface area contributed by atoms with Crippen molar-refractivity contribution in [1.29, 1.82) is 0 Å². The molecule has 0 aromatic heterocycles. The molecule has 0 radical (unpaired) electrons. The first-order valence-corrected chi connectivity index (χ1v) is 7.88. The van der Waals surface area contributed by atoms with Crippen LogP contribution in [0.15, 0.2) is 18.2 Å². The Labute approximate surface area is 138 Å². The largest absolute Gasteiger partial charge is 0.497 e. The van der Waals surface area contributed by atoms with Crippen LogP contribution in [-0.2, 0) is 4.79 Å². The van der Waals surface area contributed by atoms with Gasteiger partial charge in [-0.3, -0.25) is 9.69 Å². The lowest BCUT2D eigenvalue weighted by atomic mass is 10.0. The van der Waals surface area contributed by atoms with Crippen LogP contribution >= 0.6 is 0 Å². The number of hydrogen-bond acceptors (Lipinski definition) is 5. The van der Waals surface area contributed by atoms with Crippen molar-refractivity contribution >= 4 is 5.91 Å². The van der Waals surface area contributed by atoms with Gasteiger partial charge < -0.3 is 19.7 Å². The summed E-state index contributed by atoms with van der Waals surface area (Å²) in [6.07, 6.45) is 0. The maximum atomic E-state index is 12.9. The van der Waals surface area contributed by atoms with Crippen molar-refractivity contribution in [2.45, 2.75) is 19.0 Å². The van der Waals surface area contributed by atoms with E-state index in [1.165, 1.54) is 0 Å². The average molecular weight is 321 g/mol. The fourth-order valence-electron chi connectivity index (χ4n) is 2.98. The molecule has 0 spiro atoms. The van der Waals surface area contributed by atoms with E-state index in [0.717, 1.165) is 30.9 Å². The number of nitrogens with one attached hydrogen (secondary N) is 1. The topological polar surface area (TPSA) is 54.0 Å². The summed E-state index contributed by atoms with van der Waals surface area (Å²) in [6.45, 7) is 4.62. The number of rotatable bonds is 5. The second-order valence-corrected chi connectivity index (χ2v) is 6.09. The van der Waals surface area contributed by atoms with Gasteiger partial charge in [0.05, 0.1) is 14.2 Å². The Balaban J connectivity index is 2.46. The Hall–Kier alpha value is -1.79. The molecular weight excluding hydrogens is 294 g/mol. The third-order valence-electron chi connectivity index (χ3n) is 4.17. The summed E-state index contributed by atoms with van der Waals surface area (Å²) in [4.78, 5) is 16.7. The van der Waals surface area contributed by atoms with Crippen molar-refractivity contribution in [3.63, 3.8) is 0 Å². The molecule has 0 aliphatic carbocycles. The van der Waals surface area contributed by atoms with Crippen LogP contribution in [0.3, 0.4) is 0 Å². The van der Waals surface area contributed by atoms with E-state index in [2.05, 4.69) is 17.1 Å². The maximum Gasteiger partial charge on any atom is 0.244 e. The number of benzene rings is 1. The highest BCUT2D eigenvalue weighted by molar-refractivity contribution is 5.84. The molecule has 1 fully saturated rings. The van der Waals surface area contributed by atoms with Gasteiger partial charge in [-0.25, -0.2) is 0 Å². The Morgan fingerprint density at radius 1 is 1.35 bits per heavy atom. The summed E-state index contributed by atoms with van der Waals surface area (Å²) in [5.41, 5.74) is 0.847. The fourth-order valence-corrected chi connectivity index (χ4v) is 2.98. The van der Waals surface area contributed by atoms with Crippen LogP contribution in [-0.4, -0.2) is 69.7 Å². The summed E-state index contributed by atoms with van der Waals surface area (Å²) in [5, 5.41) is 3.42. The van der Waals surface area contributed by atoms with E-state index >= 15 is 0 Å². The smallest absolute Gasteiger partial charge is 0.244 e. The lowest BCUT2D eigenvalue weighted by Gasteiger charge is -2.38. The first kappa shape index (κ1) is 17.6. The van der Waals surface area contributed by atoms with Gasteiger partial charge in [0.1, 0.15) is 17.5 Å². The molecule has 23 heavy (non-hydrogen) atoms. The molecular formula is C17H27N3O3. The van der Waals surface area contributed by atoms with Crippen LogP contribution in [0.25, 0.3) is 0 Å². The minimum Gasteiger partial charge on any atom is -0.497 e. The Morgan fingerprint density at radius 3 is 2.65 bits per heavy atom. The molecule has 128 valence electrons. The van der Waals surface area contributed by atoms with Crippen LogP contribution in [0.5, 0.6) is 11.5 Å². The molecule has 6 heteroatoms. The Bertz CT molecular complexity index is 548. The number of carbonyl (C=O) groups excluding carboxylic acids is 1. The minimum absolute atomic E-state index is 0.0469. The number of likely N-dealkylation sites (N-methyl/N-ethyl adjacent to an activating group) is 1. The molecule has 2 atom stereocenters. The normalized spacial score (nSPS) is 20.0. The first-order chi connectivity index (χ1) is 11.0. The summed E-state index contributed by atoms with van der Waals surface area (Å²) in [5.74, 6) is 1.48. The number of nitrogens with zero attached hydrogens (tertiary/aromatic N) is 2. The highest BCUT2D eigenvalue weighted by atomic mass is 16.5. The van der Waals surface area contributed by atoms with E-state index in [1.807, 2.05) is 18.2 Å². The van der Waals surface area contributed by atoms with Crippen LogP contribution < -0.4 is 14.8 Å². The van der Waals surface area contributed by atoms with Crippen molar-refractivity contribution < 1.29 is 14.3 Å². The third kappa shape index (κ3) is 3.95. The summed E-state index contributed by atoms with van der Waals surface area (Å²) in [6, 6.07) is 5.57. The Kier molecular flexibility index (Phi) is 5.85. The van der Waals surface area contributed by atoms with Gasteiger partial charge in [0.15, 0.2) is 0 Å². The second kappa shape index (κ2) is 7.66. The number of ether oxygens (including phenoxy) is 2. The van der Waals surface area contributed by atoms with E-state index in [-0.39, 0.29) is 11.9 Å².